The molecule has 0 N–H and O–H groups in total. The molecule has 0 aliphatic heterocycles. The summed E-state index contributed by atoms with van der Waals surface area (Å²) in [6.07, 6.45) is 6.39. The van der Waals surface area contributed by atoms with Crippen molar-refractivity contribution >= 4 is 28.4 Å². The van der Waals surface area contributed by atoms with Gasteiger partial charge in [-0.05, 0) is 91.7 Å². The summed E-state index contributed by atoms with van der Waals surface area (Å²) in [4.78, 5) is 4.60. The van der Waals surface area contributed by atoms with Crippen molar-refractivity contribution in [3.63, 3.8) is 0 Å². The monoisotopic (exact) mass is 492 g/mol. The zero-order chi connectivity index (χ0) is 26.2. The molecule has 5 aromatic carbocycles. The Morgan fingerprint density at radius 3 is 1.42 bits per heavy atom. The predicted molar refractivity (Wildman–Crippen MR) is 164 cm³/mol. The SMILES string of the molecule is C/C=C\C(=C/C)N(c1ccccc1)c1cccc(-c2cccc(N(c3ccccc3)c3ccccc3)c2)c1. The summed E-state index contributed by atoms with van der Waals surface area (Å²) in [7, 11) is 0. The summed E-state index contributed by atoms with van der Waals surface area (Å²) in [6.45, 7) is 4.14. The Bertz CT molecular complexity index is 1480. The average molecular weight is 493 g/mol. The van der Waals surface area contributed by atoms with E-state index in [1.807, 2.05) is 0 Å². The number of nitrogens with zero attached hydrogens (tertiary/aromatic N) is 2. The fourth-order valence-electron chi connectivity index (χ4n) is 4.75. The lowest BCUT2D eigenvalue weighted by Crippen LogP contribution is -2.15. The molecule has 0 radical (unpaired) electrons. The van der Waals surface area contributed by atoms with Crippen molar-refractivity contribution in [2.45, 2.75) is 13.8 Å². The molecular formula is C36H32N2. The van der Waals surface area contributed by atoms with Crippen LogP contribution in [0, 0.1) is 0 Å². The minimum atomic E-state index is 1.12. The van der Waals surface area contributed by atoms with Gasteiger partial charge >= 0.3 is 0 Å². The van der Waals surface area contributed by atoms with Crippen molar-refractivity contribution in [1.29, 1.82) is 0 Å². The van der Waals surface area contributed by atoms with E-state index < -0.39 is 0 Å². The Morgan fingerprint density at radius 1 is 0.474 bits per heavy atom. The Hall–Kier alpha value is -4.82. The lowest BCUT2D eigenvalue weighted by atomic mass is 10.0. The van der Waals surface area contributed by atoms with Gasteiger partial charge in [0.05, 0.1) is 0 Å². The molecular weight excluding hydrogens is 460 g/mol. The summed E-state index contributed by atoms with van der Waals surface area (Å²) >= 11 is 0. The van der Waals surface area contributed by atoms with E-state index in [1.54, 1.807) is 0 Å². The number of hydrogen-bond donors (Lipinski definition) is 0. The minimum absolute atomic E-state index is 1.12. The third-order valence-corrected chi connectivity index (χ3v) is 6.48. The molecule has 5 aromatic rings. The maximum absolute atomic E-state index is 2.30. The number of para-hydroxylation sites is 3. The highest BCUT2D eigenvalue weighted by Gasteiger charge is 2.15. The van der Waals surface area contributed by atoms with Crippen molar-refractivity contribution in [3.8, 4) is 11.1 Å². The number of hydrogen-bond acceptors (Lipinski definition) is 2. The first kappa shape index (κ1) is 24.9. The summed E-state index contributed by atoms with van der Waals surface area (Å²) in [5.41, 5.74) is 9.09. The highest BCUT2D eigenvalue weighted by Crippen LogP contribution is 2.38. The third-order valence-electron chi connectivity index (χ3n) is 6.48. The van der Waals surface area contributed by atoms with E-state index in [0.29, 0.717) is 0 Å². The van der Waals surface area contributed by atoms with Gasteiger partial charge in [-0.15, -0.1) is 0 Å². The van der Waals surface area contributed by atoms with Crippen molar-refractivity contribution in [1.82, 2.24) is 0 Å². The second-order valence-corrected chi connectivity index (χ2v) is 8.99. The third kappa shape index (κ3) is 5.45. The van der Waals surface area contributed by atoms with E-state index in [9.17, 15) is 0 Å². The van der Waals surface area contributed by atoms with Crippen LogP contribution in [-0.4, -0.2) is 0 Å². The summed E-state index contributed by atoms with van der Waals surface area (Å²) in [6, 6.07) is 49.1. The molecule has 0 spiro atoms. The normalized spacial score (nSPS) is 11.5. The van der Waals surface area contributed by atoms with E-state index in [0.717, 1.165) is 34.1 Å². The molecule has 0 heterocycles. The maximum atomic E-state index is 2.30. The van der Waals surface area contributed by atoms with Gasteiger partial charge < -0.3 is 9.80 Å². The molecule has 0 aliphatic carbocycles. The Labute approximate surface area is 226 Å². The maximum Gasteiger partial charge on any atom is 0.0467 e. The zero-order valence-corrected chi connectivity index (χ0v) is 21.9. The number of benzene rings is 5. The largest absolute Gasteiger partial charge is 0.311 e. The number of rotatable bonds is 8. The smallest absolute Gasteiger partial charge is 0.0467 e. The molecule has 0 bridgehead atoms. The van der Waals surface area contributed by atoms with Crippen LogP contribution < -0.4 is 9.80 Å². The van der Waals surface area contributed by atoms with Gasteiger partial charge in [0.2, 0.25) is 0 Å². The average Bonchev–Trinajstić information content (AvgIpc) is 2.99. The van der Waals surface area contributed by atoms with Gasteiger partial charge in [0.1, 0.15) is 0 Å². The first-order chi connectivity index (χ1) is 18.8. The molecule has 0 saturated carbocycles. The van der Waals surface area contributed by atoms with Gasteiger partial charge in [-0.3, -0.25) is 0 Å². The van der Waals surface area contributed by atoms with Crippen LogP contribution in [-0.2, 0) is 0 Å². The van der Waals surface area contributed by atoms with Gasteiger partial charge in [0.25, 0.3) is 0 Å². The predicted octanol–water partition coefficient (Wildman–Crippen LogP) is 10.4. The van der Waals surface area contributed by atoms with Crippen molar-refractivity contribution in [3.05, 3.63) is 163 Å². The summed E-state index contributed by atoms with van der Waals surface area (Å²) in [5.74, 6) is 0. The molecule has 0 amide bonds. The van der Waals surface area contributed by atoms with Crippen molar-refractivity contribution in [2.24, 2.45) is 0 Å². The van der Waals surface area contributed by atoms with Crippen molar-refractivity contribution < 1.29 is 0 Å². The number of allylic oxidation sites excluding steroid dienone is 3. The minimum Gasteiger partial charge on any atom is -0.311 e. The Morgan fingerprint density at radius 2 is 0.921 bits per heavy atom. The first-order valence-electron chi connectivity index (χ1n) is 13.0. The molecule has 0 aromatic heterocycles. The molecule has 0 saturated heterocycles. The topological polar surface area (TPSA) is 6.48 Å². The van der Waals surface area contributed by atoms with E-state index in [2.05, 4.69) is 181 Å². The summed E-state index contributed by atoms with van der Waals surface area (Å²) < 4.78 is 0. The lowest BCUT2D eigenvalue weighted by Gasteiger charge is -2.27. The quantitative estimate of drug-likeness (QED) is 0.199. The van der Waals surface area contributed by atoms with Crippen molar-refractivity contribution in [2.75, 3.05) is 9.80 Å². The highest BCUT2D eigenvalue weighted by molar-refractivity contribution is 5.81. The molecule has 0 fully saturated rings. The lowest BCUT2D eigenvalue weighted by molar-refractivity contribution is 1.20. The van der Waals surface area contributed by atoms with E-state index in [4.69, 9.17) is 0 Å². The molecule has 0 unspecified atom stereocenters. The molecule has 5 rings (SSSR count). The van der Waals surface area contributed by atoms with Crippen LogP contribution in [0.1, 0.15) is 13.8 Å². The fourth-order valence-corrected chi connectivity index (χ4v) is 4.75. The van der Waals surface area contributed by atoms with Crippen LogP contribution in [0.15, 0.2) is 163 Å². The molecule has 0 atom stereocenters. The molecule has 186 valence electrons. The van der Waals surface area contributed by atoms with Crippen LogP contribution in [0.5, 0.6) is 0 Å². The number of anilines is 5. The second-order valence-electron chi connectivity index (χ2n) is 8.99. The van der Waals surface area contributed by atoms with Crippen LogP contribution in [0.2, 0.25) is 0 Å². The zero-order valence-electron chi connectivity index (χ0n) is 21.9. The second kappa shape index (κ2) is 11.9. The van der Waals surface area contributed by atoms with Gasteiger partial charge in [0, 0.05) is 34.1 Å². The first-order valence-corrected chi connectivity index (χ1v) is 13.0. The standard InChI is InChI=1S/C36H32N2/c1-3-16-31(4-2)37(32-19-8-5-9-20-32)35-25-14-17-29(27-35)30-18-15-26-36(28-30)38(33-21-10-6-11-22-33)34-23-12-7-13-24-34/h3-28H,1-2H3/b16-3-,31-4+. The highest BCUT2D eigenvalue weighted by atomic mass is 15.1. The summed E-state index contributed by atoms with van der Waals surface area (Å²) in [5, 5.41) is 0. The van der Waals surface area contributed by atoms with Crippen LogP contribution in [0.4, 0.5) is 28.4 Å². The molecule has 0 aliphatic rings. The van der Waals surface area contributed by atoms with Gasteiger partial charge in [-0.2, -0.15) is 0 Å². The van der Waals surface area contributed by atoms with Gasteiger partial charge in [-0.1, -0.05) is 91.0 Å². The van der Waals surface area contributed by atoms with Crippen LogP contribution in [0.3, 0.4) is 0 Å². The van der Waals surface area contributed by atoms with E-state index in [-0.39, 0.29) is 0 Å². The van der Waals surface area contributed by atoms with Gasteiger partial charge in [-0.25, -0.2) is 0 Å². The Kier molecular flexibility index (Phi) is 7.81. The molecule has 38 heavy (non-hydrogen) atoms. The molecule has 2 nitrogen and oxygen atoms in total. The Balaban J connectivity index is 1.59. The fraction of sp³-hybridized carbons (Fsp3) is 0.0556. The van der Waals surface area contributed by atoms with E-state index in [1.165, 1.54) is 11.1 Å². The van der Waals surface area contributed by atoms with Gasteiger partial charge in [0.15, 0.2) is 0 Å². The van der Waals surface area contributed by atoms with Crippen LogP contribution >= 0.6 is 0 Å². The van der Waals surface area contributed by atoms with E-state index >= 15 is 0 Å². The van der Waals surface area contributed by atoms with Crippen LogP contribution in [0.25, 0.3) is 11.1 Å². The molecule has 2 heteroatoms.